The van der Waals surface area contributed by atoms with E-state index in [9.17, 15) is 0 Å². The van der Waals surface area contributed by atoms with Crippen molar-refractivity contribution in [1.29, 1.82) is 0 Å². The van der Waals surface area contributed by atoms with Gasteiger partial charge >= 0.3 is 0 Å². The standard InChI is InChI=1S/C19H29P/c1-3-14-5-8-15(9-6-14)16-10-11-18-17(12-16)7-4-13(2)19(18)20/h4,7,14-16H,3,5-6,8-12,20H2,1-2H3. The van der Waals surface area contributed by atoms with Crippen LogP contribution in [0.3, 0.4) is 0 Å². The Morgan fingerprint density at radius 1 is 1.05 bits per heavy atom. The fourth-order valence-electron chi connectivity index (χ4n) is 4.50. The van der Waals surface area contributed by atoms with E-state index in [1.807, 2.05) is 0 Å². The zero-order valence-electron chi connectivity index (χ0n) is 13.1. The second kappa shape index (κ2) is 6.18. The van der Waals surface area contributed by atoms with Gasteiger partial charge in [-0.3, -0.25) is 0 Å². The fraction of sp³-hybridized carbons (Fsp3) is 0.684. The Balaban J connectivity index is 1.69. The van der Waals surface area contributed by atoms with Crippen molar-refractivity contribution in [3.8, 4) is 0 Å². The van der Waals surface area contributed by atoms with E-state index in [4.69, 9.17) is 0 Å². The number of fused-ring (bicyclic) bond motifs is 1. The first-order valence-corrected chi connectivity index (χ1v) is 9.13. The van der Waals surface area contributed by atoms with Crippen molar-refractivity contribution in [2.75, 3.05) is 0 Å². The minimum atomic E-state index is 0.965. The molecule has 0 aliphatic heterocycles. The maximum atomic E-state index is 2.98. The van der Waals surface area contributed by atoms with Gasteiger partial charge in [-0.1, -0.05) is 38.3 Å². The quantitative estimate of drug-likeness (QED) is 0.685. The molecule has 0 N–H and O–H groups in total. The zero-order valence-corrected chi connectivity index (χ0v) is 14.3. The number of aryl methyl sites for hydroxylation is 1. The van der Waals surface area contributed by atoms with Crippen molar-refractivity contribution >= 4 is 14.5 Å². The summed E-state index contributed by atoms with van der Waals surface area (Å²) >= 11 is 0. The molecule has 0 amide bonds. The molecule has 0 bridgehead atoms. The summed E-state index contributed by atoms with van der Waals surface area (Å²) in [4.78, 5) is 0. The SMILES string of the molecule is CCC1CCC(C2CCc3c(ccc(C)c3P)C2)CC1. The second-order valence-electron chi connectivity index (χ2n) is 7.13. The van der Waals surface area contributed by atoms with Gasteiger partial charge in [0, 0.05) is 0 Å². The molecule has 1 heteroatoms. The van der Waals surface area contributed by atoms with Gasteiger partial charge in [-0.15, -0.1) is 9.24 Å². The van der Waals surface area contributed by atoms with E-state index < -0.39 is 0 Å². The molecule has 1 fully saturated rings. The molecule has 0 saturated heterocycles. The number of rotatable bonds is 2. The Labute approximate surface area is 126 Å². The van der Waals surface area contributed by atoms with Crippen LogP contribution >= 0.6 is 9.24 Å². The van der Waals surface area contributed by atoms with Gasteiger partial charge in [0.2, 0.25) is 0 Å². The van der Waals surface area contributed by atoms with Gasteiger partial charge in [-0.2, -0.15) is 0 Å². The normalized spacial score (nSPS) is 30.1. The topological polar surface area (TPSA) is 0 Å². The molecule has 1 aromatic carbocycles. The minimum Gasteiger partial charge on any atom is -0.105 e. The predicted octanol–water partition coefficient (Wildman–Crippen LogP) is 4.82. The number of benzene rings is 1. The highest BCUT2D eigenvalue weighted by Crippen LogP contribution is 2.40. The first-order valence-electron chi connectivity index (χ1n) is 8.55. The van der Waals surface area contributed by atoms with Crippen molar-refractivity contribution < 1.29 is 0 Å². The molecule has 0 nitrogen and oxygen atoms in total. The lowest BCUT2D eigenvalue weighted by atomic mass is 9.69. The van der Waals surface area contributed by atoms with Crippen LogP contribution in [-0.4, -0.2) is 0 Å². The lowest BCUT2D eigenvalue weighted by Crippen LogP contribution is -2.28. The predicted molar refractivity (Wildman–Crippen MR) is 91.8 cm³/mol. The molecule has 1 saturated carbocycles. The Kier molecular flexibility index (Phi) is 4.51. The van der Waals surface area contributed by atoms with Crippen LogP contribution in [0.1, 0.15) is 62.1 Å². The third-order valence-corrected chi connectivity index (χ3v) is 6.86. The lowest BCUT2D eigenvalue weighted by Gasteiger charge is -2.36. The van der Waals surface area contributed by atoms with Crippen LogP contribution in [0.4, 0.5) is 0 Å². The van der Waals surface area contributed by atoms with Crippen molar-refractivity contribution in [3.05, 3.63) is 28.8 Å². The van der Waals surface area contributed by atoms with Crippen LogP contribution in [0.5, 0.6) is 0 Å². The number of hydrogen-bond donors (Lipinski definition) is 0. The highest BCUT2D eigenvalue weighted by atomic mass is 31.0. The van der Waals surface area contributed by atoms with Gasteiger partial charge < -0.3 is 0 Å². The summed E-state index contributed by atoms with van der Waals surface area (Å²) in [5.74, 6) is 3.01. The Morgan fingerprint density at radius 3 is 2.50 bits per heavy atom. The largest absolute Gasteiger partial charge is 0.105 e. The molecule has 2 atom stereocenters. The van der Waals surface area contributed by atoms with Crippen molar-refractivity contribution in [1.82, 2.24) is 0 Å². The lowest BCUT2D eigenvalue weighted by molar-refractivity contribution is 0.187. The fourth-order valence-corrected chi connectivity index (χ4v) is 4.92. The molecule has 2 unspecified atom stereocenters. The summed E-state index contributed by atoms with van der Waals surface area (Å²) < 4.78 is 0. The molecule has 2 aliphatic carbocycles. The van der Waals surface area contributed by atoms with Crippen molar-refractivity contribution in [2.24, 2.45) is 17.8 Å². The maximum Gasteiger partial charge on any atom is -0.0239 e. The van der Waals surface area contributed by atoms with Gasteiger partial charge in [0.25, 0.3) is 0 Å². The van der Waals surface area contributed by atoms with E-state index >= 15 is 0 Å². The Morgan fingerprint density at radius 2 is 1.80 bits per heavy atom. The first-order chi connectivity index (χ1) is 9.69. The van der Waals surface area contributed by atoms with E-state index in [1.54, 1.807) is 11.1 Å². The molecule has 110 valence electrons. The molecule has 1 aromatic rings. The molecule has 0 radical (unpaired) electrons. The van der Waals surface area contributed by atoms with Crippen LogP contribution in [-0.2, 0) is 12.8 Å². The van der Waals surface area contributed by atoms with Crippen LogP contribution < -0.4 is 5.30 Å². The highest BCUT2D eigenvalue weighted by molar-refractivity contribution is 7.27. The van der Waals surface area contributed by atoms with Crippen LogP contribution in [0.15, 0.2) is 12.1 Å². The van der Waals surface area contributed by atoms with Gasteiger partial charge in [0.1, 0.15) is 0 Å². The van der Waals surface area contributed by atoms with Crippen molar-refractivity contribution in [2.45, 2.75) is 65.2 Å². The third-order valence-electron chi connectivity index (χ3n) is 6.05. The molecular weight excluding hydrogens is 259 g/mol. The smallest absolute Gasteiger partial charge is 0.0239 e. The molecule has 0 aromatic heterocycles. The highest BCUT2D eigenvalue weighted by Gasteiger charge is 2.30. The Bertz CT molecular complexity index is 469. The van der Waals surface area contributed by atoms with Gasteiger partial charge in [0.05, 0.1) is 0 Å². The average molecular weight is 288 g/mol. The zero-order chi connectivity index (χ0) is 14.1. The van der Waals surface area contributed by atoms with Gasteiger partial charge in [-0.25, -0.2) is 0 Å². The molecule has 2 aliphatic rings. The monoisotopic (exact) mass is 288 g/mol. The maximum absolute atomic E-state index is 2.98. The van der Waals surface area contributed by atoms with E-state index in [-0.39, 0.29) is 0 Å². The van der Waals surface area contributed by atoms with E-state index in [0.29, 0.717) is 0 Å². The van der Waals surface area contributed by atoms with Crippen LogP contribution in [0, 0.1) is 24.7 Å². The Hall–Kier alpha value is -0.350. The van der Waals surface area contributed by atoms with E-state index in [2.05, 4.69) is 35.2 Å². The van der Waals surface area contributed by atoms with E-state index in [1.165, 1.54) is 62.2 Å². The van der Waals surface area contributed by atoms with Gasteiger partial charge in [-0.05, 0) is 78.8 Å². The third kappa shape index (κ3) is 2.82. The molecule has 3 rings (SSSR count). The summed E-state index contributed by atoms with van der Waals surface area (Å²) in [5, 5.41) is 1.48. The summed E-state index contributed by atoms with van der Waals surface area (Å²) in [6, 6.07) is 4.72. The number of hydrogen-bond acceptors (Lipinski definition) is 0. The summed E-state index contributed by atoms with van der Waals surface area (Å²) in [6.07, 6.45) is 11.5. The summed E-state index contributed by atoms with van der Waals surface area (Å²) in [6.45, 7) is 4.60. The first kappa shape index (κ1) is 14.6. The second-order valence-corrected chi connectivity index (χ2v) is 7.70. The van der Waals surface area contributed by atoms with Crippen molar-refractivity contribution in [3.63, 3.8) is 0 Å². The average Bonchev–Trinajstić information content (AvgIpc) is 2.51. The summed E-state index contributed by atoms with van der Waals surface area (Å²) in [5.41, 5.74) is 4.73. The molecule has 20 heavy (non-hydrogen) atoms. The molecule has 0 heterocycles. The molecular formula is C19H29P. The molecule has 0 spiro atoms. The minimum absolute atomic E-state index is 0.965. The van der Waals surface area contributed by atoms with Gasteiger partial charge in [0.15, 0.2) is 0 Å². The van der Waals surface area contributed by atoms with E-state index in [0.717, 1.165) is 17.8 Å². The summed E-state index contributed by atoms with van der Waals surface area (Å²) in [7, 11) is 2.98. The van der Waals surface area contributed by atoms with Crippen LogP contribution in [0.2, 0.25) is 0 Å². The van der Waals surface area contributed by atoms with Crippen LogP contribution in [0.25, 0.3) is 0 Å².